The van der Waals surface area contributed by atoms with Crippen LogP contribution in [0.3, 0.4) is 0 Å². The highest BCUT2D eigenvalue weighted by Crippen LogP contribution is 2.31. The molecule has 3 rings (SSSR count). The van der Waals surface area contributed by atoms with Crippen LogP contribution in [0.5, 0.6) is 5.75 Å². The summed E-state index contributed by atoms with van der Waals surface area (Å²) in [5, 5.41) is 2.60. The van der Waals surface area contributed by atoms with Gasteiger partial charge in [-0.15, -0.1) is 0 Å². The summed E-state index contributed by atoms with van der Waals surface area (Å²) in [4.78, 5) is 11.4. The summed E-state index contributed by atoms with van der Waals surface area (Å²) in [6.45, 7) is 0.686. The molecule has 0 aliphatic carbocycles. The normalized spacial score (nSPS) is 23.1. The number of ether oxygens (including phenoxy) is 1. The van der Waals surface area contributed by atoms with Gasteiger partial charge in [-0.3, -0.25) is 4.79 Å². The van der Waals surface area contributed by atoms with Gasteiger partial charge in [-0.2, -0.15) is 4.31 Å². The number of carbonyl (C=O) groups excluding carboxylic acids is 1. The molecule has 2 heterocycles. The van der Waals surface area contributed by atoms with Gasteiger partial charge in [0.05, 0.1) is 10.6 Å². The summed E-state index contributed by atoms with van der Waals surface area (Å²) in [6, 6.07) is 4.34. The number of fused-ring (bicyclic) bond motifs is 1. The molecule has 1 aromatic carbocycles. The third-order valence-corrected chi connectivity index (χ3v) is 5.27. The summed E-state index contributed by atoms with van der Waals surface area (Å²) >= 11 is 0. The molecule has 8 heteroatoms. The van der Waals surface area contributed by atoms with Crippen LogP contribution in [-0.4, -0.2) is 44.4 Å². The molecule has 1 saturated heterocycles. The van der Waals surface area contributed by atoms with E-state index in [4.69, 9.17) is 10.5 Å². The van der Waals surface area contributed by atoms with E-state index in [0.29, 0.717) is 30.9 Å². The molecule has 7 nitrogen and oxygen atoms in total. The number of amides is 1. The van der Waals surface area contributed by atoms with Crippen molar-refractivity contribution in [1.82, 2.24) is 4.31 Å². The summed E-state index contributed by atoms with van der Waals surface area (Å²) < 4.78 is 31.5. The van der Waals surface area contributed by atoms with Crippen molar-refractivity contribution in [3.05, 3.63) is 18.2 Å². The number of anilines is 1. The Hall–Kier alpha value is -1.64. The zero-order valence-electron chi connectivity index (χ0n) is 10.7. The highest BCUT2D eigenvalue weighted by molar-refractivity contribution is 7.89. The molecule has 0 radical (unpaired) electrons. The standard InChI is InChI=1S/C12H15N3O4S/c13-8-3-4-15(6-8)20(17,18)9-1-2-11-10(5-9)14-12(16)7-19-11/h1-2,5,8H,3-4,6-7,13H2,(H,14,16)/t8-/m1/s1. The molecule has 0 spiro atoms. The molecule has 2 aliphatic heterocycles. The minimum absolute atomic E-state index is 0.0555. The molecule has 20 heavy (non-hydrogen) atoms. The van der Waals surface area contributed by atoms with Gasteiger partial charge in [0.2, 0.25) is 10.0 Å². The van der Waals surface area contributed by atoms with Crippen LogP contribution in [0.2, 0.25) is 0 Å². The van der Waals surface area contributed by atoms with Gasteiger partial charge in [-0.1, -0.05) is 0 Å². The van der Waals surface area contributed by atoms with E-state index >= 15 is 0 Å². The number of nitrogens with two attached hydrogens (primary N) is 1. The first-order valence-corrected chi connectivity index (χ1v) is 7.73. The Balaban J connectivity index is 1.94. The fourth-order valence-electron chi connectivity index (χ4n) is 2.34. The number of sulfonamides is 1. The van der Waals surface area contributed by atoms with Gasteiger partial charge in [0, 0.05) is 19.1 Å². The highest BCUT2D eigenvalue weighted by atomic mass is 32.2. The maximum Gasteiger partial charge on any atom is 0.262 e. The second kappa shape index (κ2) is 4.72. The van der Waals surface area contributed by atoms with Gasteiger partial charge in [0.25, 0.3) is 5.91 Å². The molecule has 0 saturated carbocycles. The molecular weight excluding hydrogens is 282 g/mol. The van der Waals surface area contributed by atoms with Gasteiger partial charge in [-0.05, 0) is 24.6 Å². The molecule has 1 aromatic rings. The fourth-order valence-corrected chi connectivity index (χ4v) is 3.88. The van der Waals surface area contributed by atoms with Crippen molar-refractivity contribution >= 4 is 21.6 Å². The van der Waals surface area contributed by atoms with E-state index in [1.807, 2.05) is 0 Å². The predicted molar refractivity (Wildman–Crippen MR) is 71.9 cm³/mol. The first kappa shape index (κ1) is 13.3. The molecule has 0 aromatic heterocycles. The lowest BCUT2D eigenvalue weighted by atomic mass is 10.2. The fraction of sp³-hybridized carbons (Fsp3) is 0.417. The number of hydrogen-bond acceptors (Lipinski definition) is 5. The third-order valence-electron chi connectivity index (χ3n) is 3.41. The minimum Gasteiger partial charge on any atom is -0.482 e. The predicted octanol–water partition coefficient (Wildman–Crippen LogP) is -0.261. The second-order valence-corrected chi connectivity index (χ2v) is 6.84. The van der Waals surface area contributed by atoms with Crippen molar-refractivity contribution in [2.75, 3.05) is 25.0 Å². The Morgan fingerprint density at radius 2 is 2.20 bits per heavy atom. The number of hydrogen-bond donors (Lipinski definition) is 2. The first-order chi connectivity index (χ1) is 9.46. The van der Waals surface area contributed by atoms with Gasteiger partial charge in [-0.25, -0.2) is 8.42 Å². The number of rotatable bonds is 2. The third kappa shape index (κ3) is 2.26. The van der Waals surface area contributed by atoms with Crippen LogP contribution in [0, 0.1) is 0 Å². The Morgan fingerprint density at radius 3 is 2.90 bits per heavy atom. The van der Waals surface area contributed by atoms with Crippen LogP contribution in [0.4, 0.5) is 5.69 Å². The second-order valence-electron chi connectivity index (χ2n) is 4.91. The van der Waals surface area contributed by atoms with E-state index in [9.17, 15) is 13.2 Å². The lowest BCUT2D eigenvalue weighted by Crippen LogP contribution is -2.32. The molecule has 0 unspecified atom stereocenters. The largest absolute Gasteiger partial charge is 0.482 e. The first-order valence-electron chi connectivity index (χ1n) is 6.29. The Labute approximate surface area is 116 Å². The van der Waals surface area contributed by atoms with Crippen LogP contribution in [0.15, 0.2) is 23.1 Å². The van der Waals surface area contributed by atoms with E-state index < -0.39 is 10.0 Å². The minimum atomic E-state index is -3.58. The molecule has 3 N–H and O–H groups in total. The van der Waals surface area contributed by atoms with Gasteiger partial charge in [0.1, 0.15) is 5.75 Å². The zero-order valence-corrected chi connectivity index (χ0v) is 11.5. The van der Waals surface area contributed by atoms with Crippen molar-refractivity contribution in [3.8, 4) is 5.75 Å². The Bertz CT molecular complexity index is 659. The molecule has 0 bridgehead atoms. The number of carbonyl (C=O) groups is 1. The quantitative estimate of drug-likeness (QED) is 0.783. The van der Waals surface area contributed by atoms with Crippen molar-refractivity contribution in [2.45, 2.75) is 17.4 Å². The van der Waals surface area contributed by atoms with Crippen molar-refractivity contribution in [3.63, 3.8) is 0 Å². The summed E-state index contributed by atoms with van der Waals surface area (Å²) in [6.07, 6.45) is 0.657. The smallest absolute Gasteiger partial charge is 0.262 e. The number of nitrogens with one attached hydrogen (secondary N) is 1. The topological polar surface area (TPSA) is 102 Å². The van der Waals surface area contributed by atoms with Crippen molar-refractivity contribution in [1.29, 1.82) is 0 Å². The SMILES string of the molecule is N[C@@H]1CCN(S(=O)(=O)c2ccc3c(c2)NC(=O)CO3)C1. The summed E-state index contributed by atoms with van der Waals surface area (Å²) in [5.41, 5.74) is 6.13. The van der Waals surface area contributed by atoms with E-state index in [-0.39, 0.29) is 23.5 Å². The van der Waals surface area contributed by atoms with E-state index in [0.717, 1.165) is 0 Å². The van der Waals surface area contributed by atoms with Gasteiger partial charge < -0.3 is 15.8 Å². The zero-order chi connectivity index (χ0) is 14.3. The lowest BCUT2D eigenvalue weighted by molar-refractivity contribution is -0.118. The maximum absolute atomic E-state index is 12.5. The summed E-state index contributed by atoms with van der Waals surface area (Å²) in [5.74, 6) is 0.178. The lowest BCUT2D eigenvalue weighted by Gasteiger charge is -2.20. The van der Waals surface area contributed by atoms with E-state index in [1.165, 1.54) is 16.4 Å². The molecule has 1 amide bonds. The average molecular weight is 297 g/mol. The van der Waals surface area contributed by atoms with Crippen molar-refractivity contribution < 1.29 is 17.9 Å². The highest BCUT2D eigenvalue weighted by Gasteiger charge is 2.31. The Morgan fingerprint density at radius 1 is 1.40 bits per heavy atom. The van der Waals surface area contributed by atoms with Crippen LogP contribution < -0.4 is 15.8 Å². The molecular formula is C12H15N3O4S. The van der Waals surface area contributed by atoms with Crippen LogP contribution >= 0.6 is 0 Å². The molecule has 1 fully saturated rings. The monoisotopic (exact) mass is 297 g/mol. The summed E-state index contributed by atoms with van der Waals surface area (Å²) in [7, 11) is -3.58. The van der Waals surface area contributed by atoms with Crippen molar-refractivity contribution in [2.24, 2.45) is 5.73 Å². The molecule has 2 aliphatic rings. The van der Waals surface area contributed by atoms with Crippen LogP contribution in [0.1, 0.15) is 6.42 Å². The van der Waals surface area contributed by atoms with Gasteiger partial charge in [0.15, 0.2) is 6.61 Å². The van der Waals surface area contributed by atoms with Crippen LogP contribution in [0.25, 0.3) is 0 Å². The molecule has 108 valence electrons. The maximum atomic E-state index is 12.5. The average Bonchev–Trinajstić information content (AvgIpc) is 2.85. The number of benzene rings is 1. The molecule has 1 atom stereocenters. The van der Waals surface area contributed by atoms with E-state index in [2.05, 4.69) is 5.32 Å². The van der Waals surface area contributed by atoms with Crippen LogP contribution in [-0.2, 0) is 14.8 Å². The van der Waals surface area contributed by atoms with E-state index in [1.54, 1.807) is 6.07 Å². The number of nitrogens with zero attached hydrogens (tertiary/aromatic N) is 1. The Kier molecular flexibility index (Phi) is 3.15. The van der Waals surface area contributed by atoms with Gasteiger partial charge >= 0.3 is 0 Å².